The normalized spacial score (nSPS) is 14.1. The van der Waals surface area contributed by atoms with Gasteiger partial charge in [-0.3, -0.25) is 4.79 Å². The first kappa shape index (κ1) is 28.8. The summed E-state index contributed by atoms with van der Waals surface area (Å²) in [6.45, 7) is 5.71. The highest BCUT2D eigenvalue weighted by molar-refractivity contribution is 6.59. The van der Waals surface area contributed by atoms with Crippen molar-refractivity contribution in [2.45, 2.75) is 19.3 Å². The average Bonchev–Trinajstić information content (AvgIpc) is 3.25. The van der Waals surface area contributed by atoms with Gasteiger partial charge < -0.3 is 0 Å². The van der Waals surface area contributed by atoms with E-state index in [1.54, 1.807) is 31.2 Å². The number of halogens is 7. The highest BCUT2D eigenvalue weighted by Crippen LogP contribution is 2.50. The maximum Gasteiger partial charge on any atom is 0.416 e. The summed E-state index contributed by atoms with van der Waals surface area (Å²) in [6.07, 6.45) is -9.22. The summed E-state index contributed by atoms with van der Waals surface area (Å²) in [6, 6.07) is 20.3. The third kappa shape index (κ3) is 5.44. The lowest BCUT2D eigenvalue weighted by atomic mass is 9.88. The molecule has 0 saturated heterocycles. The first-order valence-electron chi connectivity index (χ1n) is 12.7. The molecule has 0 unspecified atom stereocenters. The van der Waals surface area contributed by atoms with Gasteiger partial charge in [-0.2, -0.15) is 26.3 Å². The fraction of sp³-hybridized carbons (Fsp3) is 0.0882. The van der Waals surface area contributed by atoms with E-state index in [0.717, 1.165) is 47.5 Å². The SMILES string of the molecule is C=C(C)c1ccc(C2=C(c3ccc(C(F)(F)F)cc3)C(c3ccc(C(F)(F)F)cc3)=C(c3ccc(F)cc3)C2=O)cc1. The topological polar surface area (TPSA) is 17.1 Å². The zero-order valence-electron chi connectivity index (χ0n) is 22.0. The van der Waals surface area contributed by atoms with Crippen LogP contribution in [-0.2, 0) is 17.1 Å². The summed E-state index contributed by atoms with van der Waals surface area (Å²) in [4.78, 5) is 14.2. The van der Waals surface area contributed by atoms with E-state index in [-0.39, 0.29) is 33.4 Å². The van der Waals surface area contributed by atoms with E-state index in [1.165, 1.54) is 36.4 Å². The second-order valence-corrected chi connectivity index (χ2v) is 9.84. The monoisotopic (exact) mass is 578 g/mol. The Bertz CT molecular complexity index is 1730. The second kappa shape index (κ2) is 10.6. The molecule has 0 aromatic heterocycles. The van der Waals surface area contributed by atoms with E-state index >= 15 is 0 Å². The molecule has 0 bridgehead atoms. The Labute approximate surface area is 236 Å². The highest BCUT2D eigenvalue weighted by atomic mass is 19.4. The van der Waals surface area contributed by atoms with Gasteiger partial charge in [-0.25, -0.2) is 4.39 Å². The molecule has 0 amide bonds. The van der Waals surface area contributed by atoms with E-state index in [4.69, 9.17) is 0 Å². The molecule has 212 valence electrons. The van der Waals surface area contributed by atoms with Crippen LogP contribution in [0.25, 0.3) is 27.9 Å². The van der Waals surface area contributed by atoms with Gasteiger partial charge in [-0.05, 0) is 71.1 Å². The van der Waals surface area contributed by atoms with Crippen LogP contribution in [0.15, 0.2) is 104 Å². The molecule has 4 aromatic carbocycles. The second-order valence-electron chi connectivity index (χ2n) is 9.84. The van der Waals surface area contributed by atoms with Crippen molar-refractivity contribution in [2.24, 2.45) is 0 Å². The lowest BCUT2D eigenvalue weighted by Crippen LogP contribution is -2.05. The van der Waals surface area contributed by atoms with E-state index in [0.29, 0.717) is 11.1 Å². The highest BCUT2D eigenvalue weighted by Gasteiger charge is 2.37. The Hall–Kier alpha value is -4.72. The number of carbonyl (C=O) groups is 1. The van der Waals surface area contributed by atoms with Gasteiger partial charge in [0.05, 0.1) is 11.1 Å². The Morgan fingerprint density at radius 3 is 1.17 bits per heavy atom. The molecule has 1 aliphatic carbocycles. The standard InChI is InChI=1S/C34H21F7O/c1-19(2)20-3-5-23(6-4-20)30-28(21-7-13-25(14-8-21)33(36,37)38)29(22-9-15-26(16-10-22)34(39,40)41)31(32(30)42)24-11-17-27(35)18-12-24/h3-18H,1H2,2H3. The minimum absolute atomic E-state index is 0.0867. The summed E-state index contributed by atoms with van der Waals surface area (Å²) >= 11 is 0. The predicted octanol–water partition coefficient (Wildman–Crippen LogP) is 10.0. The molecule has 1 aliphatic rings. The number of alkyl halides is 6. The van der Waals surface area contributed by atoms with Crippen LogP contribution in [0.1, 0.15) is 45.9 Å². The number of hydrogen-bond acceptors (Lipinski definition) is 1. The molecule has 0 heterocycles. The number of allylic oxidation sites excluding steroid dienone is 5. The number of rotatable bonds is 5. The van der Waals surface area contributed by atoms with Crippen molar-refractivity contribution in [3.8, 4) is 0 Å². The van der Waals surface area contributed by atoms with Gasteiger partial charge in [-0.15, -0.1) is 0 Å². The van der Waals surface area contributed by atoms with Crippen LogP contribution in [0.3, 0.4) is 0 Å². The molecule has 0 N–H and O–H groups in total. The molecule has 0 radical (unpaired) electrons. The summed E-state index contributed by atoms with van der Waals surface area (Å²) in [5, 5.41) is 0. The molecule has 5 rings (SSSR count). The van der Waals surface area contributed by atoms with Crippen molar-refractivity contribution in [1.29, 1.82) is 0 Å². The molecule has 0 fully saturated rings. The van der Waals surface area contributed by atoms with Crippen molar-refractivity contribution in [3.63, 3.8) is 0 Å². The maximum atomic E-state index is 14.2. The van der Waals surface area contributed by atoms with Crippen molar-refractivity contribution >= 4 is 33.6 Å². The Balaban J connectivity index is 1.82. The lowest BCUT2D eigenvalue weighted by Gasteiger charge is -2.16. The van der Waals surface area contributed by atoms with Crippen LogP contribution < -0.4 is 0 Å². The van der Waals surface area contributed by atoms with Gasteiger partial charge >= 0.3 is 12.4 Å². The van der Waals surface area contributed by atoms with Gasteiger partial charge in [0.25, 0.3) is 0 Å². The maximum absolute atomic E-state index is 14.2. The number of carbonyl (C=O) groups excluding carboxylic acids is 1. The van der Waals surface area contributed by atoms with E-state index in [2.05, 4.69) is 6.58 Å². The Morgan fingerprint density at radius 1 is 0.524 bits per heavy atom. The summed E-state index contributed by atoms with van der Waals surface area (Å²) in [7, 11) is 0. The molecular weight excluding hydrogens is 557 g/mol. The first-order chi connectivity index (χ1) is 19.8. The number of hydrogen-bond donors (Lipinski definition) is 0. The van der Waals surface area contributed by atoms with Crippen molar-refractivity contribution < 1.29 is 35.5 Å². The van der Waals surface area contributed by atoms with Crippen molar-refractivity contribution in [3.05, 3.63) is 148 Å². The summed E-state index contributed by atoms with van der Waals surface area (Å²) < 4.78 is 94.2. The van der Waals surface area contributed by atoms with Gasteiger partial charge in [-0.1, -0.05) is 72.8 Å². The molecule has 4 aromatic rings. The molecule has 0 aliphatic heterocycles. The van der Waals surface area contributed by atoms with E-state index in [9.17, 15) is 35.5 Å². The van der Waals surface area contributed by atoms with Crippen molar-refractivity contribution in [1.82, 2.24) is 0 Å². The molecule has 1 nitrogen and oxygen atoms in total. The van der Waals surface area contributed by atoms with Crippen LogP contribution >= 0.6 is 0 Å². The molecule has 42 heavy (non-hydrogen) atoms. The third-order valence-corrected chi connectivity index (χ3v) is 7.01. The van der Waals surface area contributed by atoms with E-state index < -0.39 is 35.1 Å². The Kier molecular flexibility index (Phi) is 7.27. The number of ketones is 1. The fourth-order valence-electron chi connectivity index (χ4n) is 4.92. The molecule has 0 spiro atoms. The predicted molar refractivity (Wildman–Crippen MR) is 149 cm³/mol. The van der Waals surface area contributed by atoms with Crippen LogP contribution in [0.2, 0.25) is 0 Å². The zero-order valence-corrected chi connectivity index (χ0v) is 22.0. The largest absolute Gasteiger partial charge is 0.416 e. The average molecular weight is 579 g/mol. The minimum atomic E-state index is -4.61. The molecular formula is C34H21F7O. The lowest BCUT2D eigenvalue weighted by molar-refractivity contribution is -0.138. The van der Waals surface area contributed by atoms with E-state index in [1.807, 2.05) is 0 Å². The van der Waals surface area contributed by atoms with Crippen LogP contribution in [0.4, 0.5) is 30.7 Å². The van der Waals surface area contributed by atoms with Gasteiger partial charge in [0.15, 0.2) is 5.78 Å². The smallest absolute Gasteiger partial charge is 0.289 e. The summed E-state index contributed by atoms with van der Waals surface area (Å²) in [5.41, 5.74) is 1.70. The molecule has 0 saturated carbocycles. The number of benzene rings is 4. The van der Waals surface area contributed by atoms with Crippen LogP contribution in [0, 0.1) is 5.82 Å². The zero-order chi connectivity index (χ0) is 30.4. The van der Waals surface area contributed by atoms with Gasteiger partial charge in [0.1, 0.15) is 5.82 Å². The molecule has 0 atom stereocenters. The third-order valence-electron chi connectivity index (χ3n) is 7.01. The van der Waals surface area contributed by atoms with Crippen molar-refractivity contribution in [2.75, 3.05) is 0 Å². The molecule has 8 heteroatoms. The van der Waals surface area contributed by atoms with Gasteiger partial charge in [0, 0.05) is 22.3 Å². The minimum Gasteiger partial charge on any atom is -0.289 e. The van der Waals surface area contributed by atoms with Crippen LogP contribution in [0.5, 0.6) is 0 Å². The van der Waals surface area contributed by atoms with Gasteiger partial charge in [0.2, 0.25) is 0 Å². The van der Waals surface area contributed by atoms with Crippen LogP contribution in [-0.4, -0.2) is 5.78 Å². The Morgan fingerprint density at radius 2 is 0.833 bits per heavy atom. The fourth-order valence-corrected chi connectivity index (χ4v) is 4.92. The first-order valence-corrected chi connectivity index (χ1v) is 12.7. The number of Topliss-reactive ketones (excluding diaryl/α,β-unsaturated/α-hetero) is 1. The summed E-state index contributed by atoms with van der Waals surface area (Å²) in [5.74, 6) is -1.07. The quantitative estimate of drug-likeness (QED) is 0.216.